The second kappa shape index (κ2) is 8.78. The summed E-state index contributed by atoms with van der Waals surface area (Å²) < 4.78 is 5.43. The molecule has 3 amide bonds. The van der Waals surface area contributed by atoms with E-state index in [1.165, 1.54) is 5.56 Å². The van der Waals surface area contributed by atoms with Gasteiger partial charge in [0.05, 0.1) is 12.6 Å². The highest BCUT2D eigenvalue weighted by Crippen LogP contribution is 2.24. The topological polar surface area (TPSA) is 70.7 Å². The molecule has 1 aliphatic rings. The summed E-state index contributed by atoms with van der Waals surface area (Å²) in [6.45, 7) is 7.23. The molecule has 1 heterocycles. The Balaban J connectivity index is 1.55. The third kappa shape index (κ3) is 4.82. The van der Waals surface area contributed by atoms with Crippen LogP contribution in [0.5, 0.6) is 5.75 Å². The zero-order valence-corrected chi connectivity index (χ0v) is 16.6. The van der Waals surface area contributed by atoms with Crippen molar-refractivity contribution in [1.82, 2.24) is 5.32 Å². The quantitative estimate of drug-likeness (QED) is 0.790. The fraction of sp³-hybridized carbons (Fsp3) is 0.364. The number of anilines is 2. The molecule has 0 bridgehead atoms. The van der Waals surface area contributed by atoms with Gasteiger partial charge in [-0.25, -0.2) is 4.79 Å². The number of nitrogens with one attached hydrogen (secondary N) is 2. The number of rotatable bonds is 6. The molecule has 2 N–H and O–H groups in total. The van der Waals surface area contributed by atoms with Crippen molar-refractivity contribution >= 4 is 23.3 Å². The first-order chi connectivity index (χ1) is 13.5. The Morgan fingerprint density at radius 2 is 1.82 bits per heavy atom. The van der Waals surface area contributed by atoms with Crippen molar-refractivity contribution in [2.24, 2.45) is 0 Å². The van der Waals surface area contributed by atoms with E-state index in [0.717, 1.165) is 17.1 Å². The molecule has 2 aromatic rings. The number of nitrogens with zero attached hydrogens (tertiary/aromatic N) is 1. The molecule has 1 saturated heterocycles. The highest BCUT2D eigenvalue weighted by Gasteiger charge is 2.31. The van der Waals surface area contributed by atoms with E-state index in [2.05, 4.69) is 24.5 Å². The van der Waals surface area contributed by atoms with E-state index in [1.807, 2.05) is 55.5 Å². The highest BCUT2D eigenvalue weighted by molar-refractivity contribution is 5.97. The van der Waals surface area contributed by atoms with E-state index in [9.17, 15) is 9.59 Å². The van der Waals surface area contributed by atoms with Crippen LogP contribution in [-0.2, 0) is 4.79 Å². The van der Waals surface area contributed by atoms with Crippen LogP contribution in [0.4, 0.5) is 16.2 Å². The Bertz CT molecular complexity index is 816. The van der Waals surface area contributed by atoms with Crippen molar-refractivity contribution in [3.63, 3.8) is 0 Å². The Morgan fingerprint density at radius 3 is 2.43 bits per heavy atom. The first-order valence-corrected chi connectivity index (χ1v) is 9.67. The number of carbonyl (C=O) groups excluding carboxylic acids is 2. The molecular formula is C22H27N3O3. The van der Waals surface area contributed by atoms with Gasteiger partial charge >= 0.3 is 6.03 Å². The van der Waals surface area contributed by atoms with E-state index in [0.29, 0.717) is 19.1 Å². The molecule has 2 aromatic carbocycles. The maximum atomic E-state index is 12.4. The summed E-state index contributed by atoms with van der Waals surface area (Å²) in [7, 11) is 0. The zero-order chi connectivity index (χ0) is 20.1. The Kier molecular flexibility index (Phi) is 6.19. The van der Waals surface area contributed by atoms with Crippen LogP contribution in [0.3, 0.4) is 0 Å². The molecule has 0 aliphatic carbocycles. The van der Waals surface area contributed by atoms with Crippen LogP contribution in [-0.4, -0.2) is 31.1 Å². The smallest absolute Gasteiger partial charge is 0.319 e. The van der Waals surface area contributed by atoms with E-state index < -0.39 is 0 Å². The van der Waals surface area contributed by atoms with Crippen molar-refractivity contribution in [3.8, 4) is 5.75 Å². The summed E-state index contributed by atoms with van der Waals surface area (Å²) in [6, 6.07) is 14.7. The standard InChI is InChI=1S/C22H27N3O3/c1-4-28-20-11-9-19(10-12-20)25-14-18(13-21(25)26)24-22(27)23-17-7-5-16(6-8-17)15(2)3/h5-12,15,18H,4,13-14H2,1-3H3,(H2,23,24,27)/t18-/m1/s1. The molecule has 1 fully saturated rings. The highest BCUT2D eigenvalue weighted by atomic mass is 16.5. The lowest BCUT2D eigenvalue weighted by Crippen LogP contribution is -2.39. The second-order valence-corrected chi connectivity index (χ2v) is 7.21. The second-order valence-electron chi connectivity index (χ2n) is 7.21. The maximum absolute atomic E-state index is 12.4. The normalized spacial score (nSPS) is 16.4. The molecule has 0 spiro atoms. The Labute approximate surface area is 165 Å². The summed E-state index contributed by atoms with van der Waals surface area (Å²) >= 11 is 0. The molecule has 0 unspecified atom stereocenters. The molecule has 1 atom stereocenters. The molecule has 28 heavy (non-hydrogen) atoms. The molecular weight excluding hydrogens is 354 g/mol. The van der Waals surface area contributed by atoms with E-state index in [4.69, 9.17) is 4.74 Å². The number of urea groups is 1. The van der Waals surface area contributed by atoms with Crippen LogP contribution in [0.1, 0.15) is 38.7 Å². The number of carbonyl (C=O) groups is 2. The molecule has 6 heteroatoms. The average Bonchev–Trinajstić information content (AvgIpc) is 3.03. The lowest BCUT2D eigenvalue weighted by Gasteiger charge is -2.18. The van der Waals surface area contributed by atoms with Crippen molar-refractivity contribution in [1.29, 1.82) is 0 Å². The SMILES string of the molecule is CCOc1ccc(N2C[C@H](NC(=O)Nc3ccc(C(C)C)cc3)CC2=O)cc1. The van der Waals surface area contributed by atoms with Gasteiger partial charge in [-0.3, -0.25) is 4.79 Å². The fourth-order valence-electron chi connectivity index (χ4n) is 3.25. The van der Waals surface area contributed by atoms with Crippen molar-refractivity contribution < 1.29 is 14.3 Å². The van der Waals surface area contributed by atoms with Crippen molar-refractivity contribution in [2.75, 3.05) is 23.4 Å². The fourth-order valence-corrected chi connectivity index (χ4v) is 3.25. The summed E-state index contributed by atoms with van der Waals surface area (Å²) in [6.07, 6.45) is 0.285. The average molecular weight is 381 g/mol. The first kappa shape index (κ1) is 19.7. The Morgan fingerprint density at radius 1 is 1.14 bits per heavy atom. The molecule has 3 rings (SSSR count). The summed E-state index contributed by atoms with van der Waals surface area (Å²) in [5.74, 6) is 1.21. The molecule has 1 aliphatic heterocycles. The van der Waals surface area contributed by atoms with E-state index in [1.54, 1.807) is 4.90 Å². The number of hydrogen-bond donors (Lipinski definition) is 2. The summed E-state index contributed by atoms with van der Waals surface area (Å²) in [5, 5.41) is 5.72. The number of benzene rings is 2. The number of amides is 3. The van der Waals surface area contributed by atoms with Crippen LogP contribution in [0, 0.1) is 0 Å². The van der Waals surface area contributed by atoms with Crippen molar-refractivity contribution in [3.05, 3.63) is 54.1 Å². The lowest BCUT2D eigenvalue weighted by atomic mass is 10.0. The van der Waals surface area contributed by atoms with Gasteiger partial charge in [0.25, 0.3) is 0 Å². The van der Waals surface area contributed by atoms with Crippen LogP contribution in [0.15, 0.2) is 48.5 Å². The molecule has 0 saturated carbocycles. The van der Waals surface area contributed by atoms with Crippen LogP contribution < -0.4 is 20.3 Å². The van der Waals surface area contributed by atoms with Crippen molar-refractivity contribution in [2.45, 2.75) is 39.2 Å². The molecule has 0 aromatic heterocycles. The third-order valence-corrected chi connectivity index (χ3v) is 4.75. The number of ether oxygens (including phenoxy) is 1. The van der Waals surface area contributed by atoms with Gasteiger partial charge in [0.15, 0.2) is 0 Å². The van der Waals surface area contributed by atoms with Gasteiger partial charge in [0.1, 0.15) is 5.75 Å². The molecule has 0 radical (unpaired) electrons. The van der Waals surface area contributed by atoms with Crippen LogP contribution in [0.2, 0.25) is 0 Å². The number of hydrogen-bond acceptors (Lipinski definition) is 3. The largest absolute Gasteiger partial charge is 0.494 e. The third-order valence-electron chi connectivity index (χ3n) is 4.75. The minimum atomic E-state index is -0.302. The van der Waals surface area contributed by atoms with Gasteiger partial charge in [-0.1, -0.05) is 26.0 Å². The van der Waals surface area contributed by atoms with E-state index >= 15 is 0 Å². The van der Waals surface area contributed by atoms with E-state index in [-0.39, 0.29) is 24.4 Å². The summed E-state index contributed by atoms with van der Waals surface area (Å²) in [5.41, 5.74) is 2.76. The van der Waals surface area contributed by atoms with Gasteiger partial charge < -0.3 is 20.3 Å². The first-order valence-electron chi connectivity index (χ1n) is 9.67. The zero-order valence-electron chi connectivity index (χ0n) is 16.6. The minimum absolute atomic E-state index is 0.00394. The van der Waals surface area contributed by atoms with Gasteiger partial charge in [-0.05, 0) is 54.8 Å². The predicted molar refractivity (Wildman–Crippen MR) is 111 cm³/mol. The molecule has 148 valence electrons. The van der Waals surface area contributed by atoms with Gasteiger partial charge in [-0.2, -0.15) is 0 Å². The molecule has 6 nitrogen and oxygen atoms in total. The monoisotopic (exact) mass is 381 g/mol. The lowest BCUT2D eigenvalue weighted by molar-refractivity contribution is -0.117. The minimum Gasteiger partial charge on any atom is -0.494 e. The maximum Gasteiger partial charge on any atom is 0.319 e. The van der Waals surface area contributed by atoms with Gasteiger partial charge in [0.2, 0.25) is 5.91 Å². The Hall–Kier alpha value is -3.02. The van der Waals surface area contributed by atoms with Crippen LogP contribution in [0.25, 0.3) is 0 Å². The van der Waals surface area contributed by atoms with Crippen LogP contribution >= 0.6 is 0 Å². The van der Waals surface area contributed by atoms with Gasteiger partial charge in [-0.15, -0.1) is 0 Å². The summed E-state index contributed by atoms with van der Waals surface area (Å²) in [4.78, 5) is 26.3. The predicted octanol–water partition coefficient (Wildman–Crippen LogP) is 4.14. The van der Waals surface area contributed by atoms with Gasteiger partial charge in [0, 0.05) is 24.3 Å².